The Balaban J connectivity index is 1.73. The molecule has 1 amide bonds. The van der Waals surface area contributed by atoms with E-state index in [0.717, 1.165) is 5.56 Å². The molecular weight excluding hydrogens is 326 g/mol. The molecule has 0 atom stereocenters. The third-order valence-electron chi connectivity index (χ3n) is 4.67. The third-order valence-corrected chi connectivity index (χ3v) is 4.67. The molecule has 1 N–H and O–H groups in total. The second-order valence-corrected chi connectivity index (χ2v) is 6.83. The van der Waals surface area contributed by atoms with E-state index in [1.807, 2.05) is 0 Å². The lowest BCUT2D eigenvalue weighted by Crippen LogP contribution is -2.45. The molecule has 1 aliphatic rings. The first-order valence-electron chi connectivity index (χ1n) is 9.02. The van der Waals surface area contributed by atoms with E-state index in [0.29, 0.717) is 31.6 Å². The highest BCUT2D eigenvalue weighted by Crippen LogP contribution is 2.24. The summed E-state index contributed by atoms with van der Waals surface area (Å²) in [5, 5.41) is 2.95. The van der Waals surface area contributed by atoms with Crippen LogP contribution in [0.25, 0.3) is 0 Å². The normalized spacial score (nSPS) is 15.3. The molecule has 1 fully saturated rings. The predicted octanol–water partition coefficient (Wildman–Crippen LogP) is 3.60. The van der Waals surface area contributed by atoms with E-state index >= 15 is 0 Å². The molecule has 0 heterocycles. The van der Waals surface area contributed by atoms with Crippen molar-refractivity contribution in [2.75, 3.05) is 13.1 Å². The Morgan fingerprint density at radius 2 is 1.88 bits per heavy atom. The van der Waals surface area contributed by atoms with E-state index < -0.39 is 6.61 Å². The Kier molecular flexibility index (Phi) is 7.62. The van der Waals surface area contributed by atoms with Gasteiger partial charge in [-0.3, -0.25) is 9.69 Å². The smallest absolute Gasteiger partial charge is 0.387 e. The number of benzene rings is 1. The minimum Gasteiger partial charge on any atom is -0.435 e. The molecule has 140 valence electrons. The van der Waals surface area contributed by atoms with Crippen LogP contribution in [0.15, 0.2) is 24.3 Å². The van der Waals surface area contributed by atoms with Crippen LogP contribution in [0.4, 0.5) is 8.78 Å². The van der Waals surface area contributed by atoms with Gasteiger partial charge in [0.05, 0.1) is 6.54 Å². The first-order chi connectivity index (χ1) is 12.0. The molecule has 0 unspecified atom stereocenters. The average Bonchev–Trinajstić information content (AvgIpc) is 3.07. The molecule has 25 heavy (non-hydrogen) atoms. The van der Waals surface area contributed by atoms with Crippen LogP contribution in [-0.2, 0) is 11.2 Å². The summed E-state index contributed by atoms with van der Waals surface area (Å²) in [6, 6.07) is 7.39. The van der Waals surface area contributed by atoms with Gasteiger partial charge in [0.2, 0.25) is 5.91 Å². The molecule has 0 aliphatic heterocycles. The van der Waals surface area contributed by atoms with Gasteiger partial charge >= 0.3 is 6.61 Å². The Labute approximate surface area is 148 Å². The summed E-state index contributed by atoms with van der Waals surface area (Å²) >= 11 is 0. The van der Waals surface area contributed by atoms with Crippen molar-refractivity contribution in [1.29, 1.82) is 0 Å². The summed E-state index contributed by atoms with van der Waals surface area (Å²) in [7, 11) is 0. The van der Waals surface area contributed by atoms with Crippen LogP contribution in [0.2, 0.25) is 0 Å². The number of alkyl halides is 2. The number of carbonyl (C=O) groups is 1. The molecule has 1 aromatic rings. The lowest BCUT2D eigenvalue weighted by atomic mass is 10.1. The standard InChI is InChI=1S/C19H28F2N2O2/c1-14(2)23(16-5-3-4-6-16)13-18(24)22-12-11-15-7-9-17(10-8-15)25-19(20)21/h7-10,14,16,19H,3-6,11-13H2,1-2H3,(H,22,24). The first-order valence-corrected chi connectivity index (χ1v) is 9.02. The second-order valence-electron chi connectivity index (χ2n) is 6.83. The monoisotopic (exact) mass is 354 g/mol. The van der Waals surface area contributed by atoms with E-state index in [2.05, 4.69) is 28.8 Å². The van der Waals surface area contributed by atoms with E-state index in [9.17, 15) is 13.6 Å². The van der Waals surface area contributed by atoms with Gasteiger partial charge in [0.1, 0.15) is 5.75 Å². The van der Waals surface area contributed by atoms with Crippen LogP contribution < -0.4 is 10.1 Å². The largest absolute Gasteiger partial charge is 0.435 e. The zero-order valence-electron chi connectivity index (χ0n) is 15.0. The molecule has 6 heteroatoms. The summed E-state index contributed by atoms with van der Waals surface area (Å²) in [6.07, 6.45) is 5.52. The number of nitrogens with zero attached hydrogens (tertiary/aromatic N) is 1. The number of rotatable bonds is 9. The lowest BCUT2D eigenvalue weighted by molar-refractivity contribution is -0.123. The summed E-state index contributed by atoms with van der Waals surface area (Å²) in [5.74, 6) is 0.185. The Bertz CT molecular complexity index is 529. The van der Waals surface area contributed by atoms with Gasteiger partial charge < -0.3 is 10.1 Å². The maximum absolute atomic E-state index is 12.2. The van der Waals surface area contributed by atoms with Crippen molar-refractivity contribution >= 4 is 5.91 Å². The quantitative estimate of drug-likeness (QED) is 0.737. The van der Waals surface area contributed by atoms with E-state index in [-0.39, 0.29) is 11.7 Å². The second kappa shape index (κ2) is 9.70. The topological polar surface area (TPSA) is 41.6 Å². The maximum atomic E-state index is 12.2. The van der Waals surface area contributed by atoms with Crippen molar-refractivity contribution < 1.29 is 18.3 Å². The van der Waals surface area contributed by atoms with Gasteiger partial charge in [-0.15, -0.1) is 0 Å². The highest BCUT2D eigenvalue weighted by Gasteiger charge is 2.26. The summed E-state index contributed by atoms with van der Waals surface area (Å²) in [4.78, 5) is 14.5. The van der Waals surface area contributed by atoms with Crippen molar-refractivity contribution in [2.24, 2.45) is 0 Å². The first kappa shape index (κ1) is 19.6. The van der Waals surface area contributed by atoms with Gasteiger partial charge in [0.15, 0.2) is 0 Å². The lowest BCUT2D eigenvalue weighted by Gasteiger charge is -2.31. The molecule has 0 spiro atoms. The predicted molar refractivity (Wildman–Crippen MR) is 93.9 cm³/mol. The van der Waals surface area contributed by atoms with Crippen LogP contribution in [0, 0.1) is 0 Å². The van der Waals surface area contributed by atoms with Crippen molar-refractivity contribution in [2.45, 2.75) is 64.6 Å². The van der Waals surface area contributed by atoms with E-state index in [1.165, 1.54) is 37.8 Å². The molecule has 0 aromatic heterocycles. The van der Waals surface area contributed by atoms with Crippen LogP contribution in [0.3, 0.4) is 0 Å². The fraction of sp³-hybridized carbons (Fsp3) is 0.632. The molecule has 1 aromatic carbocycles. The minimum atomic E-state index is -2.81. The van der Waals surface area contributed by atoms with Crippen molar-refractivity contribution in [3.05, 3.63) is 29.8 Å². The van der Waals surface area contributed by atoms with Gasteiger partial charge in [-0.05, 0) is 50.8 Å². The van der Waals surface area contributed by atoms with E-state index in [1.54, 1.807) is 12.1 Å². The molecule has 0 bridgehead atoms. The number of carbonyl (C=O) groups excluding carboxylic acids is 1. The third kappa shape index (κ3) is 6.61. The molecule has 0 radical (unpaired) electrons. The van der Waals surface area contributed by atoms with Crippen LogP contribution in [0.5, 0.6) is 5.75 Å². The minimum absolute atomic E-state index is 0.0400. The van der Waals surface area contributed by atoms with Crippen LogP contribution in [-0.4, -0.2) is 42.6 Å². The number of ether oxygens (including phenoxy) is 1. The molecule has 4 nitrogen and oxygen atoms in total. The van der Waals surface area contributed by atoms with Crippen molar-refractivity contribution in [3.8, 4) is 5.75 Å². The molecule has 1 saturated carbocycles. The zero-order chi connectivity index (χ0) is 18.2. The average molecular weight is 354 g/mol. The number of hydrogen-bond acceptors (Lipinski definition) is 3. The zero-order valence-corrected chi connectivity index (χ0v) is 15.0. The number of amides is 1. The van der Waals surface area contributed by atoms with Crippen LogP contribution in [0.1, 0.15) is 45.1 Å². The molecule has 0 saturated heterocycles. The van der Waals surface area contributed by atoms with Gasteiger partial charge in [-0.25, -0.2) is 0 Å². The van der Waals surface area contributed by atoms with Crippen LogP contribution >= 0.6 is 0 Å². The fourth-order valence-corrected chi connectivity index (χ4v) is 3.37. The number of hydrogen-bond donors (Lipinski definition) is 1. The Morgan fingerprint density at radius 3 is 2.44 bits per heavy atom. The Morgan fingerprint density at radius 1 is 1.24 bits per heavy atom. The SMILES string of the molecule is CC(C)N(CC(=O)NCCc1ccc(OC(F)F)cc1)C1CCCC1. The molecule has 1 aliphatic carbocycles. The van der Waals surface area contributed by atoms with Crippen molar-refractivity contribution in [1.82, 2.24) is 10.2 Å². The highest BCUT2D eigenvalue weighted by atomic mass is 19.3. The van der Waals surface area contributed by atoms with E-state index in [4.69, 9.17) is 0 Å². The Hall–Kier alpha value is -1.69. The number of nitrogens with one attached hydrogen (secondary N) is 1. The maximum Gasteiger partial charge on any atom is 0.387 e. The van der Waals surface area contributed by atoms with Crippen molar-refractivity contribution in [3.63, 3.8) is 0 Å². The fourth-order valence-electron chi connectivity index (χ4n) is 3.37. The van der Waals surface area contributed by atoms with Gasteiger partial charge in [0, 0.05) is 18.6 Å². The van der Waals surface area contributed by atoms with Gasteiger partial charge in [-0.1, -0.05) is 25.0 Å². The molecular formula is C19H28F2N2O2. The molecule has 2 rings (SSSR count). The summed E-state index contributed by atoms with van der Waals surface area (Å²) < 4.78 is 28.5. The number of halogens is 2. The summed E-state index contributed by atoms with van der Waals surface area (Å²) in [5.41, 5.74) is 0.971. The highest BCUT2D eigenvalue weighted by molar-refractivity contribution is 5.78. The van der Waals surface area contributed by atoms with Gasteiger partial charge in [-0.2, -0.15) is 8.78 Å². The van der Waals surface area contributed by atoms with Gasteiger partial charge in [0.25, 0.3) is 0 Å². The summed E-state index contributed by atoms with van der Waals surface area (Å²) in [6.45, 7) is 2.42.